The zero-order chi connectivity index (χ0) is 13.3. The average molecular weight is 264 g/mol. The van der Waals surface area contributed by atoms with Crippen LogP contribution in [0.4, 0.5) is 0 Å². The highest BCUT2D eigenvalue weighted by Gasteiger charge is 2.39. The first-order valence-electron chi connectivity index (χ1n) is 8.66. The van der Waals surface area contributed by atoms with Gasteiger partial charge in [0, 0.05) is 25.2 Å². The van der Waals surface area contributed by atoms with Crippen LogP contribution in [0, 0.1) is 11.3 Å². The van der Waals surface area contributed by atoms with Crippen LogP contribution in [0.2, 0.25) is 0 Å². The Bertz CT molecular complexity index is 290. The van der Waals surface area contributed by atoms with Crippen LogP contribution in [-0.4, -0.2) is 36.6 Å². The Morgan fingerprint density at radius 1 is 1.11 bits per heavy atom. The second-order valence-corrected chi connectivity index (χ2v) is 7.79. The maximum Gasteiger partial charge on any atom is 0.0119 e. The van der Waals surface area contributed by atoms with E-state index in [4.69, 9.17) is 0 Å². The molecule has 3 rings (SSSR count). The smallest absolute Gasteiger partial charge is 0.0119 e. The predicted octanol–water partition coefficient (Wildman–Crippen LogP) is 3.42. The minimum absolute atomic E-state index is 0.611. The maximum atomic E-state index is 3.83. The van der Waals surface area contributed by atoms with Crippen molar-refractivity contribution in [1.82, 2.24) is 10.2 Å². The third kappa shape index (κ3) is 3.33. The molecule has 1 atom stereocenters. The van der Waals surface area contributed by atoms with Gasteiger partial charge in [-0.25, -0.2) is 0 Å². The maximum absolute atomic E-state index is 3.83. The van der Waals surface area contributed by atoms with Gasteiger partial charge in [0.2, 0.25) is 0 Å². The Labute approximate surface area is 119 Å². The third-order valence-corrected chi connectivity index (χ3v) is 5.73. The summed E-state index contributed by atoms with van der Waals surface area (Å²) in [6.45, 7) is 8.84. The van der Waals surface area contributed by atoms with Crippen molar-refractivity contribution in [3.05, 3.63) is 0 Å². The zero-order valence-electron chi connectivity index (χ0n) is 13.0. The molecule has 0 bridgehead atoms. The highest BCUT2D eigenvalue weighted by atomic mass is 15.2. The number of hydrogen-bond acceptors (Lipinski definition) is 2. The summed E-state index contributed by atoms with van der Waals surface area (Å²) in [5, 5.41) is 3.83. The lowest BCUT2D eigenvalue weighted by Crippen LogP contribution is -2.46. The highest BCUT2D eigenvalue weighted by Crippen LogP contribution is 2.41. The number of rotatable bonds is 6. The minimum atomic E-state index is 0.611. The lowest BCUT2D eigenvalue weighted by atomic mass is 9.84. The van der Waals surface area contributed by atoms with Crippen LogP contribution < -0.4 is 5.32 Å². The lowest BCUT2D eigenvalue weighted by Gasteiger charge is -2.38. The molecule has 1 heterocycles. The first kappa shape index (κ1) is 13.9. The molecule has 1 aliphatic heterocycles. The molecule has 2 aliphatic carbocycles. The van der Waals surface area contributed by atoms with Gasteiger partial charge in [-0.05, 0) is 56.4 Å². The standard InChI is InChI=1S/C17H32N2/c1-14(2)16-6-5-11-19(16)13-17(9-3-4-10-17)12-18-15-7-8-15/h14-16,18H,3-13H2,1-2H3. The van der Waals surface area contributed by atoms with Gasteiger partial charge < -0.3 is 5.32 Å². The molecule has 1 N–H and O–H groups in total. The molecular weight excluding hydrogens is 232 g/mol. The van der Waals surface area contributed by atoms with Crippen molar-refractivity contribution >= 4 is 0 Å². The van der Waals surface area contributed by atoms with Gasteiger partial charge in [0.1, 0.15) is 0 Å². The summed E-state index contributed by atoms with van der Waals surface area (Å²) in [4.78, 5) is 2.84. The monoisotopic (exact) mass is 264 g/mol. The molecule has 2 nitrogen and oxygen atoms in total. The summed E-state index contributed by atoms with van der Waals surface area (Å²) in [5.74, 6) is 0.831. The van der Waals surface area contributed by atoms with E-state index >= 15 is 0 Å². The molecule has 0 amide bonds. The molecule has 0 aromatic rings. The molecular formula is C17H32N2. The number of nitrogens with one attached hydrogen (secondary N) is 1. The molecule has 2 saturated carbocycles. The summed E-state index contributed by atoms with van der Waals surface area (Å²) in [7, 11) is 0. The Balaban J connectivity index is 1.59. The molecule has 3 aliphatic rings. The number of hydrogen-bond donors (Lipinski definition) is 1. The first-order chi connectivity index (χ1) is 9.19. The molecule has 0 radical (unpaired) electrons. The van der Waals surface area contributed by atoms with Crippen LogP contribution in [0.1, 0.15) is 65.2 Å². The van der Waals surface area contributed by atoms with E-state index in [0.29, 0.717) is 5.41 Å². The average Bonchev–Trinajstić information content (AvgIpc) is 2.91. The highest BCUT2D eigenvalue weighted by molar-refractivity contribution is 4.95. The van der Waals surface area contributed by atoms with Crippen molar-refractivity contribution < 1.29 is 0 Å². The molecule has 1 unspecified atom stereocenters. The fraction of sp³-hybridized carbons (Fsp3) is 1.00. The second kappa shape index (κ2) is 5.73. The topological polar surface area (TPSA) is 15.3 Å². The molecule has 2 heteroatoms. The summed E-state index contributed by atoms with van der Waals surface area (Å²) in [6.07, 6.45) is 11.6. The first-order valence-corrected chi connectivity index (χ1v) is 8.66. The van der Waals surface area contributed by atoms with Gasteiger partial charge >= 0.3 is 0 Å². The summed E-state index contributed by atoms with van der Waals surface area (Å²) < 4.78 is 0. The summed E-state index contributed by atoms with van der Waals surface area (Å²) >= 11 is 0. The van der Waals surface area contributed by atoms with Gasteiger partial charge in [-0.1, -0.05) is 26.7 Å². The van der Waals surface area contributed by atoms with Gasteiger partial charge in [0.05, 0.1) is 0 Å². The van der Waals surface area contributed by atoms with E-state index in [0.717, 1.165) is 18.0 Å². The molecule has 0 aromatic heterocycles. The van der Waals surface area contributed by atoms with Crippen molar-refractivity contribution in [2.45, 2.75) is 77.3 Å². The van der Waals surface area contributed by atoms with Gasteiger partial charge in [0.15, 0.2) is 0 Å². The SMILES string of the molecule is CC(C)C1CCCN1CC1(CNC2CC2)CCCC1. The molecule has 1 saturated heterocycles. The van der Waals surface area contributed by atoms with Crippen LogP contribution >= 0.6 is 0 Å². The largest absolute Gasteiger partial charge is 0.313 e. The lowest BCUT2D eigenvalue weighted by molar-refractivity contribution is 0.117. The Morgan fingerprint density at radius 2 is 1.84 bits per heavy atom. The van der Waals surface area contributed by atoms with Gasteiger partial charge in [-0.2, -0.15) is 0 Å². The van der Waals surface area contributed by atoms with Crippen molar-refractivity contribution in [1.29, 1.82) is 0 Å². The minimum Gasteiger partial charge on any atom is -0.313 e. The van der Waals surface area contributed by atoms with E-state index in [-0.39, 0.29) is 0 Å². The van der Waals surface area contributed by atoms with Gasteiger partial charge in [-0.15, -0.1) is 0 Å². The molecule has 19 heavy (non-hydrogen) atoms. The quantitative estimate of drug-likeness (QED) is 0.791. The number of likely N-dealkylation sites (tertiary alicyclic amines) is 1. The van der Waals surface area contributed by atoms with E-state index in [9.17, 15) is 0 Å². The second-order valence-electron chi connectivity index (χ2n) is 7.79. The summed E-state index contributed by atoms with van der Waals surface area (Å²) in [5.41, 5.74) is 0.611. The molecule has 0 aromatic carbocycles. The van der Waals surface area contributed by atoms with Crippen LogP contribution in [0.3, 0.4) is 0 Å². The van der Waals surface area contributed by atoms with E-state index in [1.165, 1.54) is 71.0 Å². The molecule has 0 spiro atoms. The fourth-order valence-corrected chi connectivity index (χ4v) is 4.40. The summed E-state index contributed by atoms with van der Waals surface area (Å²) in [6, 6.07) is 1.73. The van der Waals surface area contributed by atoms with E-state index in [2.05, 4.69) is 24.1 Å². The van der Waals surface area contributed by atoms with Crippen molar-refractivity contribution in [3.63, 3.8) is 0 Å². The van der Waals surface area contributed by atoms with Crippen LogP contribution in [0.5, 0.6) is 0 Å². The zero-order valence-corrected chi connectivity index (χ0v) is 13.0. The number of nitrogens with zero attached hydrogens (tertiary/aromatic N) is 1. The van der Waals surface area contributed by atoms with Crippen molar-refractivity contribution in [2.24, 2.45) is 11.3 Å². The molecule has 3 fully saturated rings. The van der Waals surface area contributed by atoms with Crippen LogP contribution in [-0.2, 0) is 0 Å². The Kier molecular flexibility index (Phi) is 4.19. The van der Waals surface area contributed by atoms with Crippen molar-refractivity contribution in [3.8, 4) is 0 Å². The van der Waals surface area contributed by atoms with E-state index in [1.807, 2.05) is 0 Å². The van der Waals surface area contributed by atoms with Crippen molar-refractivity contribution in [2.75, 3.05) is 19.6 Å². The van der Waals surface area contributed by atoms with Gasteiger partial charge in [0.25, 0.3) is 0 Å². The van der Waals surface area contributed by atoms with Gasteiger partial charge in [-0.3, -0.25) is 4.90 Å². The molecule has 110 valence electrons. The normalized spacial score (nSPS) is 31.4. The van der Waals surface area contributed by atoms with Crippen LogP contribution in [0.15, 0.2) is 0 Å². The van der Waals surface area contributed by atoms with E-state index in [1.54, 1.807) is 0 Å². The Morgan fingerprint density at radius 3 is 2.47 bits per heavy atom. The fourth-order valence-electron chi connectivity index (χ4n) is 4.40. The van der Waals surface area contributed by atoms with Crippen LogP contribution in [0.25, 0.3) is 0 Å². The Hall–Kier alpha value is -0.0800. The third-order valence-electron chi connectivity index (χ3n) is 5.73. The predicted molar refractivity (Wildman–Crippen MR) is 81.4 cm³/mol. The van der Waals surface area contributed by atoms with E-state index < -0.39 is 0 Å².